The molecule has 3 nitrogen and oxygen atoms in total. The van der Waals surface area contributed by atoms with Crippen molar-refractivity contribution in [2.45, 2.75) is 19.3 Å². The van der Waals surface area contributed by atoms with E-state index in [9.17, 15) is 4.79 Å². The molecule has 1 N–H and O–H groups in total. The molecule has 0 bridgehead atoms. The zero-order valence-electron chi connectivity index (χ0n) is 9.86. The van der Waals surface area contributed by atoms with E-state index in [-0.39, 0.29) is 18.5 Å². The van der Waals surface area contributed by atoms with Crippen molar-refractivity contribution >= 4 is 21.9 Å². The number of hydrogen-bond acceptors (Lipinski definition) is 3. The Bertz CT molecular complexity index is 348. The zero-order chi connectivity index (χ0) is 12.7. The van der Waals surface area contributed by atoms with E-state index in [1.807, 2.05) is 24.3 Å². The smallest absolute Gasteiger partial charge is 0.308 e. The number of carbonyl (C=O) groups excluding carboxylic acids is 1. The summed E-state index contributed by atoms with van der Waals surface area (Å²) in [5.74, 6) is -0.454. The van der Waals surface area contributed by atoms with Crippen LogP contribution in [0, 0.1) is 5.92 Å². The molecule has 1 aromatic rings. The van der Waals surface area contributed by atoms with Crippen molar-refractivity contribution in [3.05, 3.63) is 34.3 Å². The largest absolute Gasteiger partial charge is 0.469 e. The minimum Gasteiger partial charge on any atom is -0.469 e. The first-order valence-corrected chi connectivity index (χ1v) is 6.39. The lowest BCUT2D eigenvalue weighted by atomic mass is 9.97. The Morgan fingerprint density at radius 1 is 1.35 bits per heavy atom. The summed E-state index contributed by atoms with van der Waals surface area (Å²) < 4.78 is 5.76. The van der Waals surface area contributed by atoms with Gasteiger partial charge in [-0.15, -0.1) is 0 Å². The number of rotatable bonds is 6. The normalized spacial score (nSPS) is 12.2. The van der Waals surface area contributed by atoms with Crippen molar-refractivity contribution in [1.82, 2.24) is 0 Å². The van der Waals surface area contributed by atoms with Crippen LogP contribution < -0.4 is 0 Å². The van der Waals surface area contributed by atoms with Gasteiger partial charge < -0.3 is 9.84 Å². The molecule has 0 saturated carbocycles. The first-order valence-electron chi connectivity index (χ1n) is 5.60. The van der Waals surface area contributed by atoms with Gasteiger partial charge in [0, 0.05) is 11.1 Å². The quantitative estimate of drug-likeness (QED) is 0.821. The number of benzene rings is 1. The predicted molar refractivity (Wildman–Crippen MR) is 69.7 cm³/mol. The first-order chi connectivity index (χ1) is 8.17. The van der Waals surface area contributed by atoms with Gasteiger partial charge in [-0.3, -0.25) is 4.79 Å². The molecular weight excluding hydrogens is 284 g/mol. The van der Waals surface area contributed by atoms with Crippen LogP contribution in [0.25, 0.3) is 0 Å². The molecule has 1 unspecified atom stereocenters. The predicted octanol–water partition coefficient (Wildman–Crippen LogP) is 2.55. The number of aryl methyl sites for hydroxylation is 1. The van der Waals surface area contributed by atoms with Crippen LogP contribution >= 0.6 is 15.9 Å². The molecule has 4 heteroatoms. The molecular formula is C13H17BrO3. The van der Waals surface area contributed by atoms with E-state index < -0.39 is 0 Å². The molecule has 0 aliphatic rings. The second-order valence-electron chi connectivity index (χ2n) is 3.90. The van der Waals surface area contributed by atoms with Crippen LogP contribution in [0.4, 0.5) is 0 Å². The second-order valence-corrected chi connectivity index (χ2v) is 4.81. The number of carbonyl (C=O) groups is 1. The van der Waals surface area contributed by atoms with E-state index >= 15 is 0 Å². The fourth-order valence-corrected chi connectivity index (χ4v) is 1.96. The Kier molecular flexibility index (Phi) is 6.22. The Morgan fingerprint density at radius 2 is 2.00 bits per heavy atom. The Balaban J connectivity index is 2.51. The molecule has 0 aliphatic heterocycles. The summed E-state index contributed by atoms with van der Waals surface area (Å²) >= 11 is 3.38. The maximum absolute atomic E-state index is 11.4. The standard InChI is InChI=1S/C13H17BrO3/c1-17-13(16)11(8-9-15)5-2-10-3-6-12(14)7-4-10/h3-4,6-7,11,15H,2,5,8-9H2,1H3. The summed E-state index contributed by atoms with van der Waals surface area (Å²) in [6, 6.07) is 8.01. The van der Waals surface area contributed by atoms with Crippen molar-refractivity contribution in [2.24, 2.45) is 5.92 Å². The lowest BCUT2D eigenvalue weighted by Gasteiger charge is -2.13. The highest BCUT2D eigenvalue weighted by atomic mass is 79.9. The average molecular weight is 301 g/mol. The van der Waals surface area contributed by atoms with Gasteiger partial charge in [0.2, 0.25) is 0 Å². The molecule has 0 aromatic heterocycles. The molecule has 0 amide bonds. The molecule has 0 fully saturated rings. The number of aliphatic hydroxyl groups excluding tert-OH is 1. The van der Waals surface area contributed by atoms with Crippen molar-refractivity contribution in [1.29, 1.82) is 0 Å². The van der Waals surface area contributed by atoms with Gasteiger partial charge in [-0.05, 0) is 37.0 Å². The highest BCUT2D eigenvalue weighted by Crippen LogP contribution is 2.16. The van der Waals surface area contributed by atoms with Crippen LogP contribution in [0.5, 0.6) is 0 Å². The number of methoxy groups -OCH3 is 1. The van der Waals surface area contributed by atoms with Crippen LogP contribution in [0.15, 0.2) is 28.7 Å². The fourth-order valence-electron chi connectivity index (χ4n) is 1.69. The number of hydrogen-bond donors (Lipinski definition) is 1. The van der Waals surface area contributed by atoms with Gasteiger partial charge in [-0.25, -0.2) is 0 Å². The van der Waals surface area contributed by atoms with Gasteiger partial charge in [0.1, 0.15) is 0 Å². The Morgan fingerprint density at radius 3 is 2.53 bits per heavy atom. The molecule has 0 aliphatic carbocycles. The minimum absolute atomic E-state index is 0.0140. The number of aliphatic hydroxyl groups is 1. The van der Waals surface area contributed by atoms with Gasteiger partial charge in [0.25, 0.3) is 0 Å². The summed E-state index contributed by atoms with van der Waals surface area (Å²) in [6.45, 7) is 0.0140. The van der Waals surface area contributed by atoms with Crippen molar-refractivity contribution in [3.8, 4) is 0 Å². The Labute approximate surface area is 110 Å². The third-order valence-corrected chi connectivity index (χ3v) is 3.24. The lowest BCUT2D eigenvalue weighted by Crippen LogP contribution is -2.18. The van der Waals surface area contributed by atoms with E-state index in [0.29, 0.717) is 12.8 Å². The first kappa shape index (κ1) is 14.2. The summed E-state index contributed by atoms with van der Waals surface area (Å²) in [5.41, 5.74) is 1.18. The average Bonchev–Trinajstić information content (AvgIpc) is 2.35. The van der Waals surface area contributed by atoms with Crippen LogP contribution in [0.3, 0.4) is 0 Å². The zero-order valence-corrected chi connectivity index (χ0v) is 11.4. The van der Waals surface area contributed by atoms with E-state index in [1.54, 1.807) is 0 Å². The highest BCUT2D eigenvalue weighted by molar-refractivity contribution is 9.10. The fraction of sp³-hybridized carbons (Fsp3) is 0.462. The van der Waals surface area contributed by atoms with Gasteiger partial charge in [-0.2, -0.15) is 0 Å². The van der Waals surface area contributed by atoms with Crippen LogP contribution in [0.1, 0.15) is 18.4 Å². The van der Waals surface area contributed by atoms with Gasteiger partial charge >= 0.3 is 5.97 Å². The second kappa shape index (κ2) is 7.45. The molecule has 1 rings (SSSR count). The number of halogens is 1. The van der Waals surface area contributed by atoms with Gasteiger partial charge in [0.05, 0.1) is 13.0 Å². The van der Waals surface area contributed by atoms with Crippen molar-refractivity contribution in [3.63, 3.8) is 0 Å². The third kappa shape index (κ3) is 4.88. The molecule has 94 valence electrons. The maximum atomic E-state index is 11.4. The summed E-state index contributed by atoms with van der Waals surface area (Å²) in [5, 5.41) is 8.90. The number of ether oxygens (including phenoxy) is 1. The van der Waals surface area contributed by atoms with Crippen LogP contribution in [-0.4, -0.2) is 24.8 Å². The molecule has 17 heavy (non-hydrogen) atoms. The van der Waals surface area contributed by atoms with Gasteiger partial charge in [0.15, 0.2) is 0 Å². The van der Waals surface area contributed by atoms with E-state index in [4.69, 9.17) is 9.84 Å². The molecule has 0 radical (unpaired) electrons. The molecule has 1 aromatic carbocycles. The summed E-state index contributed by atoms with van der Waals surface area (Å²) in [7, 11) is 1.38. The topological polar surface area (TPSA) is 46.5 Å². The van der Waals surface area contributed by atoms with Crippen LogP contribution in [0.2, 0.25) is 0 Å². The van der Waals surface area contributed by atoms with Crippen molar-refractivity contribution in [2.75, 3.05) is 13.7 Å². The molecule has 1 atom stereocenters. The third-order valence-electron chi connectivity index (χ3n) is 2.71. The molecule has 0 heterocycles. The molecule has 0 saturated heterocycles. The summed E-state index contributed by atoms with van der Waals surface area (Å²) in [4.78, 5) is 11.4. The van der Waals surface area contributed by atoms with Crippen molar-refractivity contribution < 1.29 is 14.6 Å². The SMILES string of the molecule is COC(=O)C(CCO)CCc1ccc(Br)cc1. The minimum atomic E-state index is -0.240. The summed E-state index contributed by atoms with van der Waals surface area (Å²) in [6.07, 6.45) is 1.98. The lowest BCUT2D eigenvalue weighted by molar-refractivity contribution is -0.146. The number of esters is 1. The van der Waals surface area contributed by atoms with E-state index in [1.165, 1.54) is 12.7 Å². The van der Waals surface area contributed by atoms with E-state index in [0.717, 1.165) is 10.9 Å². The van der Waals surface area contributed by atoms with E-state index in [2.05, 4.69) is 15.9 Å². The Hall–Kier alpha value is -0.870. The maximum Gasteiger partial charge on any atom is 0.308 e. The monoisotopic (exact) mass is 300 g/mol. The van der Waals surface area contributed by atoms with Crippen LogP contribution in [-0.2, 0) is 16.0 Å². The highest BCUT2D eigenvalue weighted by Gasteiger charge is 2.18. The van der Waals surface area contributed by atoms with Gasteiger partial charge in [-0.1, -0.05) is 28.1 Å². The molecule has 0 spiro atoms.